The number of aliphatic imine (C=N–C) groups is 1. The van der Waals surface area contributed by atoms with Crippen molar-refractivity contribution in [3.05, 3.63) is 70.7 Å². The van der Waals surface area contributed by atoms with Crippen LogP contribution < -0.4 is 11.1 Å². The van der Waals surface area contributed by atoms with Crippen molar-refractivity contribution in [1.29, 1.82) is 0 Å². The molecule has 21 heavy (non-hydrogen) atoms. The van der Waals surface area contributed by atoms with Crippen LogP contribution in [0.4, 0.5) is 0 Å². The second-order valence-corrected chi connectivity index (χ2v) is 5.30. The molecule has 0 saturated heterocycles. The first-order valence-corrected chi connectivity index (χ1v) is 6.97. The van der Waals surface area contributed by atoms with E-state index in [0.717, 1.165) is 5.56 Å². The Morgan fingerprint density at radius 3 is 2.43 bits per heavy atom. The molecule has 0 spiro atoms. The number of nitrogens with one attached hydrogen (secondary N) is 1. The zero-order valence-corrected chi connectivity index (χ0v) is 11.9. The highest BCUT2D eigenvalue weighted by molar-refractivity contribution is 6.30. The van der Waals surface area contributed by atoms with Crippen LogP contribution >= 0.6 is 11.6 Å². The number of nitrogens with zero attached hydrogens (tertiary/aromatic N) is 1. The molecule has 0 unspecified atom stereocenters. The smallest absolute Gasteiger partial charge is 0.189 e. The highest BCUT2D eigenvalue weighted by Crippen LogP contribution is 2.28. The minimum absolute atomic E-state index is 0.0280. The molecule has 2 aromatic carbocycles. The molecule has 106 valence electrons. The highest BCUT2D eigenvalue weighted by Gasteiger charge is 2.34. The molecule has 3 rings (SSSR count). The SMILES string of the molecule is NC1=N[C@H](c2ccc(Cl)cc2)[C@@H](C(=O)c2ccccc2)N1. The molecule has 0 fully saturated rings. The minimum Gasteiger partial charge on any atom is -0.370 e. The van der Waals surface area contributed by atoms with E-state index < -0.39 is 6.04 Å². The summed E-state index contributed by atoms with van der Waals surface area (Å²) >= 11 is 5.90. The summed E-state index contributed by atoms with van der Waals surface area (Å²) < 4.78 is 0. The third kappa shape index (κ3) is 2.76. The maximum absolute atomic E-state index is 12.6. The fourth-order valence-corrected chi connectivity index (χ4v) is 2.54. The second-order valence-electron chi connectivity index (χ2n) is 4.86. The summed E-state index contributed by atoms with van der Waals surface area (Å²) in [7, 11) is 0. The summed E-state index contributed by atoms with van der Waals surface area (Å²) in [5.74, 6) is 0.254. The van der Waals surface area contributed by atoms with Crippen LogP contribution in [0, 0.1) is 0 Å². The molecule has 1 aliphatic heterocycles. The van der Waals surface area contributed by atoms with Gasteiger partial charge in [0.25, 0.3) is 0 Å². The Morgan fingerprint density at radius 2 is 1.76 bits per heavy atom. The number of rotatable bonds is 3. The summed E-state index contributed by atoms with van der Waals surface area (Å²) in [6, 6.07) is 15.6. The van der Waals surface area contributed by atoms with Crippen molar-refractivity contribution < 1.29 is 4.79 Å². The predicted molar refractivity (Wildman–Crippen MR) is 83.5 cm³/mol. The van der Waals surface area contributed by atoms with Crippen LogP contribution in [-0.2, 0) is 0 Å². The fourth-order valence-electron chi connectivity index (χ4n) is 2.42. The Bertz CT molecular complexity index is 682. The molecule has 1 aliphatic rings. The molecule has 2 aromatic rings. The molecule has 0 bridgehead atoms. The lowest BCUT2D eigenvalue weighted by Crippen LogP contribution is -2.41. The molecule has 0 amide bonds. The first-order chi connectivity index (χ1) is 10.1. The van der Waals surface area contributed by atoms with Gasteiger partial charge in [-0.25, -0.2) is 4.99 Å². The zero-order valence-electron chi connectivity index (χ0n) is 11.2. The van der Waals surface area contributed by atoms with Crippen LogP contribution in [0.15, 0.2) is 59.6 Å². The summed E-state index contributed by atoms with van der Waals surface area (Å²) in [4.78, 5) is 17.0. The maximum atomic E-state index is 12.6. The lowest BCUT2D eigenvalue weighted by Gasteiger charge is -2.17. The molecule has 1 heterocycles. The van der Waals surface area contributed by atoms with E-state index in [1.54, 1.807) is 24.3 Å². The quantitative estimate of drug-likeness (QED) is 0.856. The van der Waals surface area contributed by atoms with Gasteiger partial charge in [-0.3, -0.25) is 4.79 Å². The molecule has 0 aliphatic carbocycles. The van der Waals surface area contributed by atoms with Crippen molar-refractivity contribution >= 4 is 23.3 Å². The molecule has 0 aromatic heterocycles. The van der Waals surface area contributed by atoms with Gasteiger partial charge in [-0.2, -0.15) is 0 Å². The van der Waals surface area contributed by atoms with Crippen LogP contribution in [-0.4, -0.2) is 17.8 Å². The first-order valence-electron chi connectivity index (χ1n) is 6.59. The Morgan fingerprint density at radius 1 is 1.10 bits per heavy atom. The molecule has 5 heteroatoms. The molecule has 3 N–H and O–H groups in total. The van der Waals surface area contributed by atoms with Gasteiger partial charge in [-0.15, -0.1) is 0 Å². The highest BCUT2D eigenvalue weighted by atomic mass is 35.5. The number of Topliss-reactive ketones (excluding diaryl/α,β-unsaturated/α-hetero) is 1. The van der Waals surface area contributed by atoms with E-state index in [2.05, 4.69) is 10.3 Å². The lowest BCUT2D eigenvalue weighted by atomic mass is 9.94. The fraction of sp³-hybridized carbons (Fsp3) is 0.125. The number of hydrogen-bond acceptors (Lipinski definition) is 4. The maximum Gasteiger partial charge on any atom is 0.189 e. The first kappa shape index (κ1) is 13.6. The van der Waals surface area contributed by atoms with E-state index in [-0.39, 0.29) is 17.8 Å². The van der Waals surface area contributed by atoms with Crippen LogP contribution in [0.5, 0.6) is 0 Å². The standard InChI is InChI=1S/C16H14ClN3O/c17-12-8-6-10(7-9-12)13-14(20-16(18)19-13)15(21)11-4-2-1-3-5-11/h1-9,13-14H,(H3,18,19,20)/t13-,14+/m1/s1. The van der Waals surface area contributed by atoms with Crippen molar-refractivity contribution in [2.45, 2.75) is 12.1 Å². The lowest BCUT2D eigenvalue weighted by molar-refractivity contribution is 0.0945. The monoisotopic (exact) mass is 299 g/mol. The largest absolute Gasteiger partial charge is 0.370 e. The predicted octanol–water partition coefficient (Wildman–Crippen LogP) is 2.55. The van der Waals surface area contributed by atoms with Gasteiger partial charge in [0, 0.05) is 10.6 Å². The summed E-state index contributed by atoms with van der Waals surface area (Å²) in [5, 5.41) is 3.61. The number of carbonyl (C=O) groups excluding carboxylic acids is 1. The normalized spacial score (nSPS) is 20.7. The summed E-state index contributed by atoms with van der Waals surface area (Å²) in [5.41, 5.74) is 7.30. The number of carbonyl (C=O) groups is 1. The Balaban J connectivity index is 1.91. The van der Waals surface area contributed by atoms with E-state index in [1.165, 1.54) is 0 Å². The molecule has 0 radical (unpaired) electrons. The third-order valence-electron chi connectivity index (χ3n) is 3.45. The van der Waals surface area contributed by atoms with Crippen molar-refractivity contribution in [1.82, 2.24) is 5.32 Å². The molecular weight excluding hydrogens is 286 g/mol. The third-order valence-corrected chi connectivity index (χ3v) is 3.70. The van der Waals surface area contributed by atoms with Gasteiger partial charge in [-0.1, -0.05) is 54.1 Å². The van der Waals surface area contributed by atoms with E-state index in [1.807, 2.05) is 30.3 Å². The zero-order chi connectivity index (χ0) is 14.8. The van der Waals surface area contributed by atoms with E-state index in [0.29, 0.717) is 10.6 Å². The van der Waals surface area contributed by atoms with Crippen molar-refractivity contribution in [2.75, 3.05) is 0 Å². The average Bonchev–Trinajstić information content (AvgIpc) is 2.90. The number of nitrogens with two attached hydrogens (primary N) is 1. The van der Waals surface area contributed by atoms with E-state index in [4.69, 9.17) is 17.3 Å². The minimum atomic E-state index is -0.492. The topological polar surface area (TPSA) is 67.5 Å². The van der Waals surface area contributed by atoms with Crippen molar-refractivity contribution in [3.8, 4) is 0 Å². The number of ketones is 1. The Kier molecular flexibility index (Phi) is 3.62. The van der Waals surface area contributed by atoms with Gasteiger partial charge in [-0.05, 0) is 17.7 Å². The number of guanidine groups is 1. The van der Waals surface area contributed by atoms with Gasteiger partial charge in [0.15, 0.2) is 11.7 Å². The van der Waals surface area contributed by atoms with Crippen LogP contribution in [0.1, 0.15) is 22.0 Å². The van der Waals surface area contributed by atoms with Crippen LogP contribution in [0.25, 0.3) is 0 Å². The molecule has 2 atom stereocenters. The second kappa shape index (κ2) is 5.58. The van der Waals surface area contributed by atoms with Crippen molar-refractivity contribution in [3.63, 3.8) is 0 Å². The molecule has 4 nitrogen and oxygen atoms in total. The van der Waals surface area contributed by atoms with Crippen molar-refractivity contribution in [2.24, 2.45) is 10.7 Å². The number of hydrogen-bond donors (Lipinski definition) is 2. The Labute approximate surface area is 127 Å². The van der Waals surface area contributed by atoms with E-state index in [9.17, 15) is 4.79 Å². The number of benzene rings is 2. The molecule has 0 saturated carbocycles. The van der Waals surface area contributed by atoms with Gasteiger partial charge in [0.1, 0.15) is 12.1 Å². The van der Waals surface area contributed by atoms with Crippen LogP contribution in [0.3, 0.4) is 0 Å². The van der Waals surface area contributed by atoms with Crippen LogP contribution in [0.2, 0.25) is 5.02 Å². The van der Waals surface area contributed by atoms with E-state index >= 15 is 0 Å². The average molecular weight is 300 g/mol. The Hall–Kier alpha value is -2.33. The summed E-state index contributed by atoms with van der Waals surface area (Å²) in [6.07, 6.45) is 0. The van der Waals surface area contributed by atoms with Gasteiger partial charge >= 0.3 is 0 Å². The van der Waals surface area contributed by atoms with Gasteiger partial charge in [0.05, 0.1) is 0 Å². The summed E-state index contributed by atoms with van der Waals surface area (Å²) in [6.45, 7) is 0. The van der Waals surface area contributed by atoms with Gasteiger partial charge < -0.3 is 11.1 Å². The number of halogens is 1. The van der Waals surface area contributed by atoms with Gasteiger partial charge in [0.2, 0.25) is 0 Å². The molecular formula is C16H14ClN3O.